The number of pyridine rings is 1. The zero-order chi connectivity index (χ0) is 14.5. The zero-order valence-corrected chi connectivity index (χ0v) is 11.1. The molecule has 0 unspecified atom stereocenters. The molecule has 0 saturated carbocycles. The molecule has 0 amide bonds. The second kappa shape index (κ2) is 5.97. The largest absolute Gasteiger partial charge is 0.370 e. The summed E-state index contributed by atoms with van der Waals surface area (Å²) in [5, 5.41) is 20.5. The molecule has 2 rings (SSSR count). The number of nitrogens with zero attached hydrogens (tertiary/aromatic N) is 4. The van der Waals surface area contributed by atoms with Gasteiger partial charge in [0.25, 0.3) is 5.69 Å². The van der Waals surface area contributed by atoms with E-state index >= 15 is 0 Å². The summed E-state index contributed by atoms with van der Waals surface area (Å²) < 4.78 is 0. The Morgan fingerprint density at radius 2 is 2.25 bits per heavy atom. The Bertz CT molecular complexity index is 678. The summed E-state index contributed by atoms with van der Waals surface area (Å²) in [5.41, 5.74) is 1.25. The van der Waals surface area contributed by atoms with Gasteiger partial charge in [-0.15, -0.1) is 0 Å². The minimum Gasteiger partial charge on any atom is -0.370 e. The first kappa shape index (κ1) is 13.7. The third kappa shape index (κ3) is 2.52. The molecule has 1 heterocycles. The molecule has 1 aromatic heterocycles. The number of hydrogen-bond acceptors (Lipinski definition) is 5. The van der Waals surface area contributed by atoms with Crippen LogP contribution in [-0.4, -0.2) is 23.0 Å². The molecule has 2 aromatic rings. The molecule has 0 bridgehead atoms. The van der Waals surface area contributed by atoms with Crippen LogP contribution in [0.5, 0.6) is 0 Å². The maximum absolute atomic E-state index is 11.0. The van der Waals surface area contributed by atoms with Gasteiger partial charge in [-0.3, -0.25) is 10.1 Å². The first-order valence-electron chi connectivity index (χ1n) is 6.33. The smallest absolute Gasteiger partial charge is 0.295 e. The molecule has 102 valence electrons. The van der Waals surface area contributed by atoms with Crippen molar-refractivity contribution < 1.29 is 4.92 Å². The Balaban J connectivity index is 2.58. The van der Waals surface area contributed by atoms with Crippen molar-refractivity contribution in [1.82, 2.24) is 4.98 Å². The maximum Gasteiger partial charge on any atom is 0.295 e. The number of nitro groups is 1. The first-order valence-corrected chi connectivity index (χ1v) is 6.33. The second-order valence-electron chi connectivity index (χ2n) is 4.25. The molecule has 0 radical (unpaired) electrons. The average molecular weight is 270 g/mol. The van der Waals surface area contributed by atoms with Crippen molar-refractivity contribution in [2.24, 2.45) is 0 Å². The number of non-ortho nitro benzene ring substituents is 1. The topological polar surface area (TPSA) is 83.1 Å². The summed E-state index contributed by atoms with van der Waals surface area (Å²) in [6.07, 6.45) is 1.96. The molecule has 0 fully saturated rings. The lowest BCUT2D eigenvalue weighted by Crippen LogP contribution is -2.23. The van der Waals surface area contributed by atoms with E-state index in [2.05, 4.69) is 11.1 Å². The van der Waals surface area contributed by atoms with E-state index in [0.717, 1.165) is 17.6 Å². The van der Waals surface area contributed by atoms with Gasteiger partial charge in [0.2, 0.25) is 0 Å². The van der Waals surface area contributed by atoms with Gasteiger partial charge in [0.15, 0.2) is 0 Å². The maximum atomic E-state index is 11.0. The van der Waals surface area contributed by atoms with Crippen molar-refractivity contribution in [3.63, 3.8) is 0 Å². The highest BCUT2D eigenvalue weighted by Crippen LogP contribution is 2.31. The molecule has 0 aliphatic rings. The summed E-state index contributed by atoms with van der Waals surface area (Å²) in [6, 6.07) is 8.89. The Morgan fingerprint density at radius 3 is 2.90 bits per heavy atom. The molecular weight excluding hydrogens is 256 g/mol. The molecule has 0 atom stereocenters. The van der Waals surface area contributed by atoms with Crippen LogP contribution in [0, 0.1) is 21.4 Å². The van der Waals surface area contributed by atoms with Gasteiger partial charge in [0, 0.05) is 36.4 Å². The Labute approximate surface area is 116 Å². The molecule has 0 saturated heterocycles. The predicted molar refractivity (Wildman–Crippen MR) is 76.5 cm³/mol. The number of benzene rings is 1. The number of rotatable bonds is 5. The van der Waals surface area contributed by atoms with Crippen LogP contribution in [0.25, 0.3) is 10.9 Å². The molecule has 6 heteroatoms. The van der Waals surface area contributed by atoms with Crippen molar-refractivity contribution in [3.8, 4) is 6.07 Å². The van der Waals surface area contributed by atoms with Gasteiger partial charge < -0.3 is 4.90 Å². The highest BCUT2D eigenvalue weighted by Gasteiger charge is 2.17. The van der Waals surface area contributed by atoms with Gasteiger partial charge in [-0.25, -0.2) is 4.98 Å². The van der Waals surface area contributed by atoms with E-state index in [-0.39, 0.29) is 5.69 Å². The van der Waals surface area contributed by atoms with Crippen LogP contribution in [0.15, 0.2) is 30.5 Å². The van der Waals surface area contributed by atoms with Crippen LogP contribution in [-0.2, 0) is 0 Å². The zero-order valence-electron chi connectivity index (χ0n) is 11.1. The van der Waals surface area contributed by atoms with Crippen LogP contribution >= 0.6 is 0 Å². The number of aromatic nitrogens is 1. The number of fused-ring (bicyclic) bond motifs is 1. The van der Waals surface area contributed by atoms with Crippen LogP contribution in [0.3, 0.4) is 0 Å². The van der Waals surface area contributed by atoms with E-state index in [1.54, 1.807) is 18.3 Å². The molecule has 20 heavy (non-hydrogen) atoms. The van der Waals surface area contributed by atoms with E-state index in [0.29, 0.717) is 18.5 Å². The van der Waals surface area contributed by atoms with Gasteiger partial charge in [-0.1, -0.05) is 0 Å². The third-order valence-corrected chi connectivity index (χ3v) is 3.14. The van der Waals surface area contributed by atoms with Crippen molar-refractivity contribution in [2.75, 3.05) is 18.0 Å². The van der Waals surface area contributed by atoms with Crippen molar-refractivity contribution in [2.45, 2.75) is 13.3 Å². The van der Waals surface area contributed by atoms with Gasteiger partial charge >= 0.3 is 0 Å². The van der Waals surface area contributed by atoms with E-state index < -0.39 is 4.92 Å². The van der Waals surface area contributed by atoms with E-state index in [4.69, 9.17) is 5.26 Å². The van der Waals surface area contributed by atoms with Crippen molar-refractivity contribution in [3.05, 3.63) is 40.6 Å². The predicted octanol–water partition coefficient (Wildman–Crippen LogP) is 2.88. The van der Waals surface area contributed by atoms with E-state index in [1.807, 2.05) is 17.9 Å². The summed E-state index contributed by atoms with van der Waals surface area (Å²) in [6.45, 7) is 3.30. The minimum absolute atomic E-state index is 0.000635. The Hall–Kier alpha value is -2.68. The fourth-order valence-corrected chi connectivity index (χ4v) is 2.20. The van der Waals surface area contributed by atoms with Crippen molar-refractivity contribution >= 4 is 22.3 Å². The highest BCUT2D eigenvalue weighted by atomic mass is 16.6. The molecule has 0 aliphatic carbocycles. The molecular formula is C14H14N4O2. The van der Waals surface area contributed by atoms with Crippen LogP contribution in [0.2, 0.25) is 0 Å². The second-order valence-corrected chi connectivity index (χ2v) is 4.25. The molecule has 0 N–H and O–H groups in total. The van der Waals surface area contributed by atoms with Crippen LogP contribution in [0.4, 0.5) is 11.4 Å². The fraction of sp³-hybridized carbons (Fsp3) is 0.286. The fourth-order valence-electron chi connectivity index (χ4n) is 2.20. The quantitative estimate of drug-likeness (QED) is 0.616. The van der Waals surface area contributed by atoms with E-state index in [9.17, 15) is 10.1 Å². The monoisotopic (exact) mass is 270 g/mol. The standard InChI is InChI=1S/C14H14N4O2/c1-2-17(10-4-8-15)12-6-7-13(18(19)20)14-11(12)5-3-9-16-14/h3,5-7,9H,2,4,10H2,1H3. The van der Waals surface area contributed by atoms with Gasteiger partial charge in [-0.05, 0) is 25.1 Å². The lowest BCUT2D eigenvalue weighted by Gasteiger charge is -2.23. The van der Waals surface area contributed by atoms with Gasteiger partial charge in [-0.2, -0.15) is 5.26 Å². The molecule has 6 nitrogen and oxygen atoms in total. The minimum atomic E-state index is -0.426. The Kier molecular flexibility index (Phi) is 4.11. The third-order valence-electron chi connectivity index (χ3n) is 3.14. The van der Waals surface area contributed by atoms with Crippen LogP contribution < -0.4 is 4.90 Å². The molecule has 1 aromatic carbocycles. The number of nitro benzene ring substituents is 1. The molecule has 0 spiro atoms. The number of hydrogen-bond donors (Lipinski definition) is 0. The summed E-state index contributed by atoms with van der Waals surface area (Å²) in [5.74, 6) is 0. The average Bonchev–Trinajstić information content (AvgIpc) is 2.47. The molecule has 0 aliphatic heterocycles. The summed E-state index contributed by atoms with van der Waals surface area (Å²) in [7, 11) is 0. The first-order chi connectivity index (χ1) is 9.69. The lowest BCUT2D eigenvalue weighted by atomic mass is 10.1. The lowest BCUT2D eigenvalue weighted by molar-refractivity contribution is -0.383. The van der Waals surface area contributed by atoms with E-state index in [1.165, 1.54) is 6.07 Å². The number of nitriles is 1. The summed E-state index contributed by atoms with van der Waals surface area (Å²) in [4.78, 5) is 16.8. The Morgan fingerprint density at radius 1 is 1.45 bits per heavy atom. The van der Waals surface area contributed by atoms with Crippen molar-refractivity contribution in [1.29, 1.82) is 5.26 Å². The van der Waals surface area contributed by atoms with Gasteiger partial charge in [0.1, 0.15) is 5.52 Å². The SMILES string of the molecule is CCN(CCC#N)c1ccc([N+](=O)[O-])c2ncccc12. The number of anilines is 1. The summed E-state index contributed by atoms with van der Waals surface area (Å²) >= 11 is 0. The van der Waals surface area contributed by atoms with Crippen LogP contribution in [0.1, 0.15) is 13.3 Å². The highest BCUT2D eigenvalue weighted by molar-refractivity contribution is 5.97. The normalized spacial score (nSPS) is 10.2. The van der Waals surface area contributed by atoms with Gasteiger partial charge in [0.05, 0.1) is 17.4 Å².